The molecule has 1 aromatic rings. The van der Waals surface area contributed by atoms with E-state index < -0.39 is 0 Å². The Morgan fingerprint density at radius 1 is 1.53 bits per heavy atom. The van der Waals surface area contributed by atoms with Crippen molar-refractivity contribution in [3.63, 3.8) is 0 Å². The SMILES string of the molecule is CCOc1ccc(CC(=O)NC2CC2)c(F)c1. The number of ether oxygens (including phenoxy) is 1. The first-order valence-corrected chi connectivity index (χ1v) is 5.89. The number of hydrogen-bond acceptors (Lipinski definition) is 2. The summed E-state index contributed by atoms with van der Waals surface area (Å²) in [5, 5.41) is 2.83. The van der Waals surface area contributed by atoms with Gasteiger partial charge in [0, 0.05) is 12.1 Å². The molecule has 0 aromatic heterocycles. The summed E-state index contributed by atoms with van der Waals surface area (Å²) in [6.45, 7) is 2.34. The van der Waals surface area contributed by atoms with Gasteiger partial charge in [0.15, 0.2) is 0 Å². The van der Waals surface area contributed by atoms with E-state index in [1.54, 1.807) is 12.1 Å². The third-order valence-corrected chi connectivity index (χ3v) is 2.63. The molecule has 3 nitrogen and oxygen atoms in total. The first-order chi connectivity index (χ1) is 8.19. The van der Waals surface area contributed by atoms with Crippen LogP contribution in [0.25, 0.3) is 0 Å². The molecule has 92 valence electrons. The van der Waals surface area contributed by atoms with Crippen molar-refractivity contribution < 1.29 is 13.9 Å². The second kappa shape index (κ2) is 5.17. The van der Waals surface area contributed by atoms with E-state index in [1.807, 2.05) is 6.92 Å². The molecule has 1 aliphatic rings. The molecule has 0 aliphatic heterocycles. The van der Waals surface area contributed by atoms with E-state index in [4.69, 9.17) is 4.74 Å². The van der Waals surface area contributed by atoms with Crippen LogP contribution in [0.3, 0.4) is 0 Å². The van der Waals surface area contributed by atoms with E-state index in [0.29, 0.717) is 24.0 Å². The average Bonchev–Trinajstić information content (AvgIpc) is 3.06. The standard InChI is InChI=1S/C13H16FNO2/c1-2-17-11-6-3-9(12(14)8-11)7-13(16)15-10-4-5-10/h3,6,8,10H,2,4-5,7H2,1H3,(H,15,16). The van der Waals surface area contributed by atoms with Crippen molar-refractivity contribution in [2.75, 3.05) is 6.61 Å². The lowest BCUT2D eigenvalue weighted by Gasteiger charge is -2.07. The first kappa shape index (κ1) is 11.9. The number of hydrogen-bond donors (Lipinski definition) is 1. The Labute approximate surface area is 100.0 Å². The van der Waals surface area contributed by atoms with Crippen LogP contribution < -0.4 is 10.1 Å². The lowest BCUT2D eigenvalue weighted by atomic mass is 10.1. The number of nitrogens with one attached hydrogen (secondary N) is 1. The third kappa shape index (κ3) is 3.44. The minimum Gasteiger partial charge on any atom is -0.494 e. The summed E-state index contributed by atoms with van der Waals surface area (Å²) in [7, 11) is 0. The van der Waals surface area contributed by atoms with Gasteiger partial charge >= 0.3 is 0 Å². The van der Waals surface area contributed by atoms with Gasteiger partial charge in [-0.05, 0) is 31.4 Å². The molecule has 1 aliphatic carbocycles. The molecule has 0 bridgehead atoms. The Bertz CT molecular complexity index is 416. The van der Waals surface area contributed by atoms with Crippen molar-refractivity contribution in [1.29, 1.82) is 0 Å². The van der Waals surface area contributed by atoms with E-state index in [2.05, 4.69) is 5.32 Å². The van der Waals surface area contributed by atoms with Gasteiger partial charge in [-0.1, -0.05) is 6.07 Å². The highest BCUT2D eigenvalue weighted by Crippen LogP contribution is 2.20. The van der Waals surface area contributed by atoms with Crippen LogP contribution in [0, 0.1) is 5.82 Å². The quantitative estimate of drug-likeness (QED) is 0.851. The van der Waals surface area contributed by atoms with Gasteiger partial charge in [-0.3, -0.25) is 4.79 Å². The van der Waals surface area contributed by atoms with Crippen molar-refractivity contribution in [3.05, 3.63) is 29.6 Å². The highest BCUT2D eigenvalue weighted by atomic mass is 19.1. The minimum absolute atomic E-state index is 0.0920. The zero-order valence-electron chi connectivity index (χ0n) is 9.83. The number of halogens is 1. The Kier molecular flexibility index (Phi) is 3.61. The summed E-state index contributed by atoms with van der Waals surface area (Å²) in [4.78, 5) is 11.5. The molecule has 0 heterocycles. The second-order valence-corrected chi connectivity index (χ2v) is 4.20. The Balaban J connectivity index is 1.97. The summed E-state index contributed by atoms with van der Waals surface area (Å²) in [5.41, 5.74) is 0.409. The highest BCUT2D eigenvalue weighted by Gasteiger charge is 2.23. The van der Waals surface area contributed by atoms with Crippen molar-refractivity contribution in [2.45, 2.75) is 32.2 Å². The first-order valence-electron chi connectivity index (χ1n) is 5.89. The van der Waals surface area contributed by atoms with Gasteiger partial charge in [0.2, 0.25) is 5.91 Å². The molecule has 0 atom stereocenters. The maximum Gasteiger partial charge on any atom is 0.224 e. The number of carbonyl (C=O) groups is 1. The van der Waals surface area contributed by atoms with Gasteiger partial charge in [-0.2, -0.15) is 0 Å². The summed E-state index contributed by atoms with van der Waals surface area (Å²) in [5.74, 6) is -0.00573. The molecule has 0 radical (unpaired) electrons. The molecule has 1 saturated carbocycles. The van der Waals surface area contributed by atoms with Crippen molar-refractivity contribution >= 4 is 5.91 Å². The molecular weight excluding hydrogens is 221 g/mol. The molecule has 1 amide bonds. The van der Waals surface area contributed by atoms with E-state index in [-0.39, 0.29) is 18.1 Å². The molecule has 1 aromatic carbocycles. The molecule has 0 unspecified atom stereocenters. The van der Waals surface area contributed by atoms with Gasteiger partial charge in [-0.15, -0.1) is 0 Å². The van der Waals surface area contributed by atoms with Gasteiger partial charge in [0.05, 0.1) is 13.0 Å². The number of benzene rings is 1. The maximum absolute atomic E-state index is 13.6. The molecule has 0 spiro atoms. The Morgan fingerprint density at radius 3 is 2.88 bits per heavy atom. The van der Waals surface area contributed by atoms with E-state index in [9.17, 15) is 9.18 Å². The molecule has 0 saturated heterocycles. The minimum atomic E-state index is -0.387. The van der Waals surface area contributed by atoms with Gasteiger partial charge < -0.3 is 10.1 Å². The summed E-state index contributed by atoms with van der Waals surface area (Å²) < 4.78 is 18.8. The van der Waals surface area contributed by atoms with Crippen molar-refractivity contribution in [2.24, 2.45) is 0 Å². The second-order valence-electron chi connectivity index (χ2n) is 4.20. The van der Waals surface area contributed by atoms with Crippen LogP contribution in [0.5, 0.6) is 5.75 Å². The number of carbonyl (C=O) groups excluding carboxylic acids is 1. The number of amides is 1. The molecule has 17 heavy (non-hydrogen) atoms. The Morgan fingerprint density at radius 2 is 2.29 bits per heavy atom. The van der Waals surface area contributed by atoms with Crippen LogP contribution in [0.1, 0.15) is 25.3 Å². The summed E-state index contributed by atoms with van der Waals surface area (Å²) in [6, 6.07) is 4.93. The maximum atomic E-state index is 13.6. The van der Waals surface area contributed by atoms with E-state index >= 15 is 0 Å². The van der Waals surface area contributed by atoms with Crippen LogP contribution in [0.4, 0.5) is 4.39 Å². The van der Waals surface area contributed by atoms with Gasteiger partial charge in [0.1, 0.15) is 11.6 Å². The summed E-state index contributed by atoms with van der Waals surface area (Å²) >= 11 is 0. The van der Waals surface area contributed by atoms with Gasteiger partial charge in [0.25, 0.3) is 0 Å². The normalized spacial score (nSPS) is 14.5. The predicted molar refractivity (Wildman–Crippen MR) is 62.4 cm³/mol. The zero-order chi connectivity index (χ0) is 12.3. The molecule has 4 heteroatoms. The van der Waals surface area contributed by atoms with E-state index in [0.717, 1.165) is 12.8 Å². The third-order valence-electron chi connectivity index (χ3n) is 2.63. The van der Waals surface area contributed by atoms with Crippen molar-refractivity contribution in [3.8, 4) is 5.75 Å². The van der Waals surface area contributed by atoms with Crippen LogP contribution >= 0.6 is 0 Å². The zero-order valence-corrected chi connectivity index (χ0v) is 9.83. The van der Waals surface area contributed by atoms with Crippen LogP contribution in [-0.4, -0.2) is 18.6 Å². The molecule has 2 rings (SSSR count). The lowest BCUT2D eigenvalue weighted by molar-refractivity contribution is -0.120. The van der Waals surface area contributed by atoms with Crippen molar-refractivity contribution in [1.82, 2.24) is 5.32 Å². The lowest BCUT2D eigenvalue weighted by Crippen LogP contribution is -2.27. The van der Waals surface area contributed by atoms with Crippen LogP contribution in [-0.2, 0) is 11.2 Å². The number of rotatable bonds is 5. The Hall–Kier alpha value is -1.58. The molecular formula is C13H16FNO2. The van der Waals surface area contributed by atoms with Gasteiger partial charge in [-0.25, -0.2) is 4.39 Å². The topological polar surface area (TPSA) is 38.3 Å². The van der Waals surface area contributed by atoms with E-state index in [1.165, 1.54) is 6.07 Å². The average molecular weight is 237 g/mol. The predicted octanol–water partition coefficient (Wildman–Crippen LogP) is 2.05. The monoisotopic (exact) mass is 237 g/mol. The fourth-order valence-corrected chi connectivity index (χ4v) is 1.61. The van der Waals surface area contributed by atoms with Crippen LogP contribution in [0.15, 0.2) is 18.2 Å². The molecule has 1 fully saturated rings. The van der Waals surface area contributed by atoms with Crippen LogP contribution in [0.2, 0.25) is 0 Å². The smallest absolute Gasteiger partial charge is 0.224 e. The summed E-state index contributed by atoms with van der Waals surface area (Å²) in [6.07, 6.45) is 2.17. The highest BCUT2D eigenvalue weighted by molar-refractivity contribution is 5.79. The molecule has 1 N–H and O–H groups in total. The largest absolute Gasteiger partial charge is 0.494 e. The fourth-order valence-electron chi connectivity index (χ4n) is 1.61. The fraction of sp³-hybridized carbons (Fsp3) is 0.462.